The molecule has 0 N–H and O–H groups in total. The summed E-state index contributed by atoms with van der Waals surface area (Å²) in [6, 6.07) is 10.8. The number of aromatic nitrogens is 1. The Labute approximate surface area is 122 Å². The first-order chi connectivity index (χ1) is 9.99. The Hall–Kier alpha value is -2.08. The average Bonchev–Trinajstić information content (AvgIpc) is 2.89. The van der Waals surface area contributed by atoms with Crippen LogP contribution in [0.1, 0.15) is 5.56 Å². The van der Waals surface area contributed by atoms with Gasteiger partial charge in [0.25, 0.3) is 0 Å². The molecule has 3 rings (SSSR count). The first-order valence-electron chi connectivity index (χ1n) is 6.10. The van der Waals surface area contributed by atoms with E-state index in [4.69, 9.17) is 4.74 Å². The fourth-order valence-corrected chi connectivity index (χ4v) is 3.03. The predicted molar refractivity (Wildman–Crippen MR) is 76.6 cm³/mol. The number of rotatable bonds is 2. The molecule has 3 aromatic rings. The molecule has 0 saturated carbocycles. The largest absolute Gasteiger partial charge is 0.496 e. The molecule has 6 heteroatoms. The SMILES string of the molecule is COc1ccc(C(F)(F)F)cc1-c1nc2ccccc2s1. The highest BCUT2D eigenvalue weighted by Gasteiger charge is 2.31. The fourth-order valence-electron chi connectivity index (χ4n) is 2.04. The Balaban J connectivity index is 2.19. The molecule has 0 saturated heterocycles. The molecule has 0 fully saturated rings. The van der Waals surface area contributed by atoms with E-state index in [-0.39, 0.29) is 0 Å². The number of alkyl halides is 3. The molecule has 21 heavy (non-hydrogen) atoms. The third-order valence-corrected chi connectivity index (χ3v) is 4.12. The number of ether oxygens (including phenoxy) is 1. The Morgan fingerprint density at radius 2 is 1.86 bits per heavy atom. The van der Waals surface area contributed by atoms with Crippen LogP contribution in [0.2, 0.25) is 0 Å². The van der Waals surface area contributed by atoms with E-state index in [1.807, 2.05) is 24.3 Å². The third-order valence-electron chi connectivity index (χ3n) is 3.05. The van der Waals surface area contributed by atoms with Crippen LogP contribution in [0, 0.1) is 0 Å². The quantitative estimate of drug-likeness (QED) is 0.665. The molecule has 2 nitrogen and oxygen atoms in total. The molecule has 0 aliphatic carbocycles. The normalized spacial score (nSPS) is 11.8. The van der Waals surface area contributed by atoms with Crippen LogP contribution in [-0.2, 0) is 6.18 Å². The molecule has 1 aromatic heterocycles. The van der Waals surface area contributed by atoms with E-state index in [9.17, 15) is 13.2 Å². The predicted octanol–water partition coefficient (Wildman–Crippen LogP) is 4.99. The minimum absolute atomic E-state index is 0.355. The highest BCUT2D eigenvalue weighted by atomic mass is 32.1. The van der Waals surface area contributed by atoms with Crippen LogP contribution in [-0.4, -0.2) is 12.1 Å². The number of nitrogens with zero attached hydrogens (tertiary/aromatic N) is 1. The van der Waals surface area contributed by atoms with E-state index in [2.05, 4.69) is 4.98 Å². The van der Waals surface area contributed by atoms with Gasteiger partial charge in [-0.3, -0.25) is 0 Å². The summed E-state index contributed by atoms with van der Waals surface area (Å²) in [7, 11) is 1.43. The summed E-state index contributed by atoms with van der Waals surface area (Å²) < 4.78 is 44.7. The summed E-state index contributed by atoms with van der Waals surface area (Å²) in [5.74, 6) is 0.377. The van der Waals surface area contributed by atoms with Crippen molar-refractivity contribution >= 4 is 21.6 Å². The van der Waals surface area contributed by atoms with Gasteiger partial charge in [-0.25, -0.2) is 4.98 Å². The summed E-state index contributed by atoms with van der Waals surface area (Å²) >= 11 is 1.34. The molecule has 0 radical (unpaired) electrons. The number of methoxy groups -OCH3 is 1. The second-order valence-electron chi connectivity index (χ2n) is 4.40. The van der Waals surface area contributed by atoms with Crippen molar-refractivity contribution in [3.63, 3.8) is 0 Å². The van der Waals surface area contributed by atoms with Crippen molar-refractivity contribution in [3.8, 4) is 16.3 Å². The number of para-hydroxylation sites is 1. The van der Waals surface area contributed by atoms with Crippen LogP contribution < -0.4 is 4.74 Å². The van der Waals surface area contributed by atoms with Crippen molar-refractivity contribution in [1.82, 2.24) is 4.98 Å². The van der Waals surface area contributed by atoms with Crippen molar-refractivity contribution in [2.24, 2.45) is 0 Å². The van der Waals surface area contributed by atoms with Crippen molar-refractivity contribution in [1.29, 1.82) is 0 Å². The summed E-state index contributed by atoms with van der Waals surface area (Å²) in [4.78, 5) is 4.39. The summed E-state index contributed by atoms with van der Waals surface area (Å²) in [5, 5.41) is 0.513. The Morgan fingerprint density at radius 3 is 2.52 bits per heavy atom. The van der Waals surface area contributed by atoms with Crippen LogP contribution in [0.5, 0.6) is 5.75 Å². The molecule has 108 valence electrons. The van der Waals surface area contributed by atoms with E-state index < -0.39 is 11.7 Å². The lowest BCUT2D eigenvalue weighted by Crippen LogP contribution is -2.05. The van der Waals surface area contributed by atoms with Crippen molar-refractivity contribution < 1.29 is 17.9 Å². The highest BCUT2D eigenvalue weighted by molar-refractivity contribution is 7.21. The van der Waals surface area contributed by atoms with Crippen LogP contribution in [0.15, 0.2) is 42.5 Å². The smallest absolute Gasteiger partial charge is 0.416 e. The van der Waals surface area contributed by atoms with Gasteiger partial charge in [0.15, 0.2) is 0 Å². The molecule has 0 aliphatic heterocycles. The number of fused-ring (bicyclic) bond motifs is 1. The van der Waals surface area contributed by atoms with Gasteiger partial charge in [0.1, 0.15) is 10.8 Å². The Kier molecular flexibility index (Phi) is 3.33. The lowest BCUT2D eigenvalue weighted by molar-refractivity contribution is -0.137. The molecular weight excluding hydrogens is 299 g/mol. The van der Waals surface area contributed by atoms with Gasteiger partial charge in [0.05, 0.1) is 28.5 Å². The van der Waals surface area contributed by atoms with Crippen molar-refractivity contribution in [3.05, 3.63) is 48.0 Å². The molecule has 0 unspecified atom stereocenters. The van der Waals surface area contributed by atoms with E-state index in [0.717, 1.165) is 22.3 Å². The lowest BCUT2D eigenvalue weighted by atomic mass is 10.1. The monoisotopic (exact) mass is 309 g/mol. The van der Waals surface area contributed by atoms with Crippen LogP contribution >= 0.6 is 11.3 Å². The topological polar surface area (TPSA) is 22.1 Å². The molecule has 0 amide bonds. The number of halogens is 3. The third kappa shape index (κ3) is 2.58. The van der Waals surface area contributed by atoms with Crippen LogP contribution in [0.25, 0.3) is 20.8 Å². The summed E-state index contributed by atoms with van der Waals surface area (Å²) in [6.45, 7) is 0. The molecular formula is C15H10F3NOS. The zero-order valence-electron chi connectivity index (χ0n) is 10.9. The number of thiazole rings is 1. The summed E-state index contributed by atoms with van der Waals surface area (Å²) in [5.41, 5.74) is 0.406. The maximum absolute atomic E-state index is 12.9. The van der Waals surface area contributed by atoms with Crippen molar-refractivity contribution in [2.75, 3.05) is 7.11 Å². The Bertz CT molecular complexity index is 762. The molecule has 0 aliphatic rings. The van der Waals surface area contributed by atoms with Gasteiger partial charge in [-0.05, 0) is 30.3 Å². The minimum atomic E-state index is -4.39. The first kappa shape index (κ1) is 13.9. The zero-order valence-corrected chi connectivity index (χ0v) is 11.8. The molecule has 0 spiro atoms. The maximum Gasteiger partial charge on any atom is 0.416 e. The van der Waals surface area contributed by atoms with Crippen LogP contribution in [0.4, 0.5) is 13.2 Å². The minimum Gasteiger partial charge on any atom is -0.496 e. The van der Waals surface area contributed by atoms with Gasteiger partial charge in [-0.1, -0.05) is 12.1 Å². The van der Waals surface area contributed by atoms with E-state index >= 15 is 0 Å². The van der Waals surface area contributed by atoms with Gasteiger partial charge in [0, 0.05) is 0 Å². The van der Waals surface area contributed by atoms with Gasteiger partial charge in [0.2, 0.25) is 0 Å². The molecule has 0 bridgehead atoms. The van der Waals surface area contributed by atoms with Gasteiger partial charge < -0.3 is 4.74 Å². The summed E-state index contributed by atoms with van der Waals surface area (Å²) in [6.07, 6.45) is -4.39. The zero-order chi connectivity index (χ0) is 15.0. The lowest BCUT2D eigenvalue weighted by Gasteiger charge is -2.11. The number of benzene rings is 2. The molecule has 2 aromatic carbocycles. The van der Waals surface area contributed by atoms with Gasteiger partial charge in [-0.15, -0.1) is 11.3 Å². The molecule has 0 atom stereocenters. The molecule has 1 heterocycles. The van der Waals surface area contributed by atoms with Crippen molar-refractivity contribution in [2.45, 2.75) is 6.18 Å². The maximum atomic E-state index is 12.9. The standard InChI is InChI=1S/C15H10F3NOS/c1-20-12-7-6-9(15(16,17)18)8-10(12)14-19-11-4-2-3-5-13(11)21-14/h2-8H,1H3. The number of hydrogen-bond donors (Lipinski definition) is 0. The van der Waals surface area contributed by atoms with E-state index in [1.165, 1.54) is 24.5 Å². The highest BCUT2D eigenvalue weighted by Crippen LogP contribution is 2.39. The van der Waals surface area contributed by atoms with E-state index in [1.54, 1.807) is 0 Å². The Morgan fingerprint density at radius 1 is 1.10 bits per heavy atom. The number of hydrogen-bond acceptors (Lipinski definition) is 3. The average molecular weight is 309 g/mol. The fraction of sp³-hybridized carbons (Fsp3) is 0.133. The van der Waals surface area contributed by atoms with Gasteiger partial charge in [-0.2, -0.15) is 13.2 Å². The second kappa shape index (κ2) is 5.04. The first-order valence-corrected chi connectivity index (χ1v) is 6.92. The van der Waals surface area contributed by atoms with E-state index in [0.29, 0.717) is 16.3 Å². The van der Waals surface area contributed by atoms with Gasteiger partial charge >= 0.3 is 6.18 Å². The second-order valence-corrected chi connectivity index (χ2v) is 5.43. The van der Waals surface area contributed by atoms with Crippen LogP contribution in [0.3, 0.4) is 0 Å².